The van der Waals surface area contributed by atoms with Crippen molar-refractivity contribution in [2.45, 2.75) is 13.3 Å². The maximum Gasteiger partial charge on any atom is 0.227 e. The number of imidazole rings is 1. The second-order valence-electron chi connectivity index (χ2n) is 6.38. The number of nitrogens with zero attached hydrogens (tertiary/aromatic N) is 5. The highest BCUT2D eigenvalue weighted by Gasteiger charge is 2.23. The van der Waals surface area contributed by atoms with E-state index >= 15 is 0 Å². The smallest absolute Gasteiger partial charge is 0.227 e. The van der Waals surface area contributed by atoms with Crippen LogP contribution in [0.1, 0.15) is 11.1 Å². The Kier molecular flexibility index (Phi) is 4.09. The molecule has 4 rings (SSSR count). The molecule has 1 aliphatic heterocycles. The summed E-state index contributed by atoms with van der Waals surface area (Å²) in [6, 6.07) is 8.08. The van der Waals surface area contributed by atoms with Crippen molar-refractivity contribution in [2.24, 2.45) is 0 Å². The molecule has 0 atom stereocenters. The number of amides is 1. The van der Waals surface area contributed by atoms with Crippen molar-refractivity contribution < 1.29 is 4.79 Å². The molecule has 0 N–H and O–H groups in total. The highest BCUT2D eigenvalue weighted by molar-refractivity contribution is 5.79. The quantitative estimate of drug-likeness (QED) is 0.734. The fourth-order valence-corrected chi connectivity index (χ4v) is 3.31. The molecule has 1 fully saturated rings. The van der Waals surface area contributed by atoms with Crippen LogP contribution in [0.15, 0.2) is 49.1 Å². The van der Waals surface area contributed by atoms with E-state index in [9.17, 15) is 4.79 Å². The molecule has 3 heterocycles. The molecule has 25 heavy (non-hydrogen) atoms. The first-order valence-electron chi connectivity index (χ1n) is 8.57. The molecule has 2 aromatic heterocycles. The Bertz CT molecular complexity index is 895. The van der Waals surface area contributed by atoms with Gasteiger partial charge in [0.15, 0.2) is 11.5 Å². The van der Waals surface area contributed by atoms with Gasteiger partial charge in [0.2, 0.25) is 5.91 Å². The predicted octanol–water partition coefficient (Wildman–Crippen LogP) is 1.93. The number of fused-ring (bicyclic) bond motifs is 1. The van der Waals surface area contributed by atoms with Gasteiger partial charge >= 0.3 is 0 Å². The molecule has 0 saturated carbocycles. The summed E-state index contributed by atoms with van der Waals surface area (Å²) in [6.07, 6.45) is 7.86. The molecule has 1 aliphatic rings. The Morgan fingerprint density at radius 2 is 1.76 bits per heavy atom. The van der Waals surface area contributed by atoms with Crippen molar-refractivity contribution in [2.75, 3.05) is 31.1 Å². The van der Waals surface area contributed by atoms with Crippen LogP contribution in [0.2, 0.25) is 0 Å². The predicted molar refractivity (Wildman–Crippen MR) is 96.7 cm³/mol. The van der Waals surface area contributed by atoms with E-state index in [1.807, 2.05) is 39.9 Å². The summed E-state index contributed by atoms with van der Waals surface area (Å²) in [4.78, 5) is 25.7. The lowest BCUT2D eigenvalue weighted by Gasteiger charge is -2.35. The first kappa shape index (κ1) is 15.6. The summed E-state index contributed by atoms with van der Waals surface area (Å²) < 4.78 is 1.97. The van der Waals surface area contributed by atoms with Crippen LogP contribution >= 0.6 is 0 Å². The molecule has 6 heteroatoms. The van der Waals surface area contributed by atoms with Crippen LogP contribution in [0.25, 0.3) is 5.65 Å². The third kappa shape index (κ3) is 3.07. The lowest BCUT2D eigenvalue weighted by Crippen LogP contribution is -2.49. The van der Waals surface area contributed by atoms with Gasteiger partial charge in [0.1, 0.15) is 0 Å². The zero-order chi connectivity index (χ0) is 17.2. The standard InChI is InChI=1S/C19H21N5O/c1-15-4-2-3-5-16(15)14-17(25)22-10-12-24(13-11-22)19-18-20-6-8-23(18)9-7-21-19/h2-9H,10-14H2,1H3. The van der Waals surface area contributed by atoms with Gasteiger partial charge in [0.25, 0.3) is 0 Å². The summed E-state index contributed by atoms with van der Waals surface area (Å²) in [5, 5.41) is 0. The minimum absolute atomic E-state index is 0.195. The molecular formula is C19H21N5O. The Morgan fingerprint density at radius 1 is 1.04 bits per heavy atom. The minimum Gasteiger partial charge on any atom is -0.350 e. The Balaban J connectivity index is 1.42. The second kappa shape index (κ2) is 6.55. The first-order valence-corrected chi connectivity index (χ1v) is 8.57. The summed E-state index contributed by atoms with van der Waals surface area (Å²) in [7, 11) is 0. The Morgan fingerprint density at radius 3 is 2.52 bits per heavy atom. The molecule has 6 nitrogen and oxygen atoms in total. The molecule has 0 spiro atoms. The van der Waals surface area contributed by atoms with E-state index < -0.39 is 0 Å². The van der Waals surface area contributed by atoms with Crippen molar-refractivity contribution in [3.63, 3.8) is 0 Å². The molecule has 1 aromatic carbocycles. The fraction of sp³-hybridized carbons (Fsp3) is 0.316. The van der Waals surface area contributed by atoms with Crippen LogP contribution in [-0.4, -0.2) is 51.4 Å². The Hall–Kier alpha value is -2.89. The molecule has 0 aliphatic carbocycles. The zero-order valence-electron chi connectivity index (χ0n) is 14.3. The number of hydrogen-bond donors (Lipinski definition) is 0. The van der Waals surface area contributed by atoms with E-state index in [4.69, 9.17) is 0 Å². The number of piperazine rings is 1. The maximum atomic E-state index is 12.6. The van der Waals surface area contributed by atoms with Gasteiger partial charge in [-0.2, -0.15) is 0 Å². The molecule has 0 bridgehead atoms. The van der Waals surface area contributed by atoms with Gasteiger partial charge in [-0.1, -0.05) is 24.3 Å². The van der Waals surface area contributed by atoms with Gasteiger partial charge < -0.3 is 14.2 Å². The minimum atomic E-state index is 0.195. The summed E-state index contributed by atoms with van der Waals surface area (Å²) in [5.41, 5.74) is 3.14. The topological polar surface area (TPSA) is 53.7 Å². The third-order valence-corrected chi connectivity index (χ3v) is 4.83. The molecule has 0 radical (unpaired) electrons. The molecule has 3 aromatic rings. The number of anilines is 1. The highest BCUT2D eigenvalue weighted by atomic mass is 16.2. The average Bonchev–Trinajstić information content (AvgIpc) is 3.12. The number of carbonyl (C=O) groups is 1. The number of aryl methyl sites for hydroxylation is 1. The van der Waals surface area contributed by atoms with Crippen LogP contribution in [-0.2, 0) is 11.2 Å². The van der Waals surface area contributed by atoms with Gasteiger partial charge in [0, 0.05) is 51.0 Å². The number of benzene rings is 1. The number of carbonyl (C=O) groups excluding carboxylic acids is 1. The Labute approximate surface area is 146 Å². The maximum absolute atomic E-state index is 12.6. The molecule has 128 valence electrons. The van der Waals surface area contributed by atoms with E-state index in [-0.39, 0.29) is 5.91 Å². The summed E-state index contributed by atoms with van der Waals surface area (Å²) >= 11 is 0. The van der Waals surface area contributed by atoms with Crippen molar-refractivity contribution in [1.29, 1.82) is 0 Å². The summed E-state index contributed by atoms with van der Waals surface area (Å²) in [5.74, 6) is 1.08. The van der Waals surface area contributed by atoms with E-state index in [1.165, 1.54) is 5.56 Å². The lowest BCUT2D eigenvalue weighted by atomic mass is 10.1. The largest absolute Gasteiger partial charge is 0.350 e. The number of rotatable bonds is 3. The fourth-order valence-electron chi connectivity index (χ4n) is 3.31. The van der Waals surface area contributed by atoms with E-state index in [2.05, 4.69) is 27.9 Å². The lowest BCUT2D eigenvalue weighted by molar-refractivity contribution is -0.130. The monoisotopic (exact) mass is 335 g/mol. The van der Waals surface area contributed by atoms with Gasteiger partial charge in [-0.05, 0) is 18.1 Å². The van der Waals surface area contributed by atoms with Crippen LogP contribution < -0.4 is 4.90 Å². The van der Waals surface area contributed by atoms with Crippen molar-refractivity contribution >= 4 is 17.4 Å². The van der Waals surface area contributed by atoms with Crippen LogP contribution in [0.3, 0.4) is 0 Å². The third-order valence-electron chi connectivity index (χ3n) is 4.83. The number of aromatic nitrogens is 3. The van der Waals surface area contributed by atoms with Gasteiger partial charge in [-0.25, -0.2) is 9.97 Å². The van der Waals surface area contributed by atoms with Crippen LogP contribution in [0.5, 0.6) is 0 Å². The van der Waals surface area contributed by atoms with Gasteiger partial charge in [0.05, 0.1) is 6.42 Å². The van der Waals surface area contributed by atoms with Gasteiger partial charge in [-0.15, -0.1) is 0 Å². The van der Waals surface area contributed by atoms with E-state index in [1.54, 1.807) is 12.4 Å². The van der Waals surface area contributed by atoms with E-state index in [0.29, 0.717) is 19.5 Å². The second-order valence-corrected chi connectivity index (χ2v) is 6.38. The number of hydrogen-bond acceptors (Lipinski definition) is 4. The SMILES string of the molecule is Cc1ccccc1CC(=O)N1CCN(c2nccn3ccnc23)CC1. The molecule has 1 amide bonds. The molecular weight excluding hydrogens is 314 g/mol. The zero-order valence-corrected chi connectivity index (χ0v) is 14.3. The highest BCUT2D eigenvalue weighted by Crippen LogP contribution is 2.19. The van der Waals surface area contributed by atoms with Crippen LogP contribution in [0, 0.1) is 6.92 Å². The normalized spacial score (nSPS) is 14.9. The molecule has 1 saturated heterocycles. The van der Waals surface area contributed by atoms with Crippen molar-refractivity contribution in [3.8, 4) is 0 Å². The van der Waals surface area contributed by atoms with E-state index in [0.717, 1.165) is 30.1 Å². The first-order chi connectivity index (χ1) is 12.2. The van der Waals surface area contributed by atoms with Crippen molar-refractivity contribution in [3.05, 3.63) is 60.2 Å². The van der Waals surface area contributed by atoms with Crippen LogP contribution in [0.4, 0.5) is 5.82 Å². The molecule has 0 unspecified atom stereocenters. The average molecular weight is 335 g/mol. The van der Waals surface area contributed by atoms with Gasteiger partial charge in [-0.3, -0.25) is 4.79 Å². The summed E-state index contributed by atoms with van der Waals surface area (Å²) in [6.45, 7) is 5.04. The van der Waals surface area contributed by atoms with Crippen molar-refractivity contribution in [1.82, 2.24) is 19.3 Å².